The minimum absolute atomic E-state index is 0.247. The summed E-state index contributed by atoms with van der Waals surface area (Å²) < 4.78 is 21.4. The highest BCUT2D eigenvalue weighted by Gasteiger charge is 2.28. The Bertz CT molecular complexity index is 1090. The van der Waals surface area contributed by atoms with Gasteiger partial charge in [0, 0.05) is 57.0 Å². The molecule has 8 nitrogen and oxygen atoms in total. The summed E-state index contributed by atoms with van der Waals surface area (Å²) in [6.45, 7) is 13.5. The molecule has 2 aromatic heterocycles. The maximum absolute atomic E-state index is 11.9. The third-order valence-electron chi connectivity index (χ3n) is 7.35. The predicted octanol–water partition coefficient (Wildman–Crippen LogP) is 6.46. The van der Waals surface area contributed by atoms with Crippen molar-refractivity contribution in [3.63, 3.8) is 0 Å². The third-order valence-corrected chi connectivity index (χ3v) is 10.5. The molecule has 0 amide bonds. The molecule has 0 saturated carbocycles. The van der Waals surface area contributed by atoms with Gasteiger partial charge < -0.3 is 28.7 Å². The van der Waals surface area contributed by atoms with Gasteiger partial charge >= 0.3 is 11.9 Å². The van der Waals surface area contributed by atoms with Gasteiger partial charge in [0.2, 0.25) is 0 Å². The average molecular weight is 646 g/mol. The van der Waals surface area contributed by atoms with Crippen LogP contribution in [0.25, 0.3) is 0 Å². The Kier molecular flexibility index (Phi) is 12.6. The molecule has 0 unspecified atom stereocenters. The van der Waals surface area contributed by atoms with Gasteiger partial charge in [-0.25, -0.2) is 9.59 Å². The van der Waals surface area contributed by atoms with Gasteiger partial charge in [-0.2, -0.15) is 0 Å². The van der Waals surface area contributed by atoms with Crippen LogP contribution in [0.2, 0.25) is 0 Å². The standard InChI is InChI=1S/C14H20BrNO3S.C14H21NO3S/c1-4-16(10-5-7-19-8-6-10)13-9(2)11(12(15)20-13)14(17)18-3;1-4-15(11-5-7-18-8-6-11)13-10(2)12(9-19-13)14(16)17-3/h10H,4-8H2,1-3H3;9,11H,4-8H2,1-3H3. The third kappa shape index (κ3) is 7.55. The van der Waals surface area contributed by atoms with Crippen molar-refractivity contribution in [3.05, 3.63) is 31.4 Å². The van der Waals surface area contributed by atoms with Crippen molar-refractivity contribution in [2.45, 2.75) is 65.5 Å². The number of halogens is 1. The molecule has 0 aliphatic carbocycles. The van der Waals surface area contributed by atoms with Crippen LogP contribution in [0, 0.1) is 13.8 Å². The van der Waals surface area contributed by atoms with E-state index in [0.29, 0.717) is 23.2 Å². The molecule has 0 aromatic carbocycles. The zero-order valence-corrected chi connectivity index (χ0v) is 27.1. The summed E-state index contributed by atoms with van der Waals surface area (Å²) in [4.78, 5) is 28.3. The second-order valence-electron chi connectivity index (χ2n) is 9.50. The summed E-state index contributed by atoms with van der Waals surface area (Å²) in [5, 5.41) is 4.25. The molecule has 11 heteroatoms. The number of carbonyl (C=O) groups is 2. The van der Waals surface area contributed by atoms with Gasteiger partial charge in [-0.15, -0.1) is 22.7 Å². The Labute approximate surface area is 248 Å². The Hall–Kier alpha value is -1.66. The van der Waals surface area contributed by atoms with E-state index < -0.39 is 0 Å². The Morgan fingerprint density at radius 2 is 1.36 bits per heavy atom. The quantitative estimate of drug-likeness (QED) is 0.303. The molecule has 2 aliphatic rings. The van der Waals surface area contributed by atoms with Gasteiger partial charge in [-0.3, -0.25) is 0 Å². The molecular weight excluding hydrogens is 604 g/mol. The van der Waals surface area contributed by atoms with Crippen molar-refractivity contribution in [2.75, 3.05) is 63.5 Å². The van der Waals surface area contributed by atoms with E-state index in [2.05, 4.69) is 39.6 Å². The molecule has 4 rings (SSSR count). The zero-order chi connectivity index (χ0) is 28.5. The molecule has 2 fully saturated rings. The van der Waals surface area contributed by atoms with Crippen LogP contribution in [0.5, 0.6) is 0 Å². The Morgan fingerprint density at radius 3 is 1.82 bits per heavy atom. The van der Waals surface area contributed by atoms with Crippen molar-refractivity contribution >= 4 is 60.5 Å². The summed E-state index contributed by atoms with van der Waals surface area (Å²) in [6.07, 6.45) is 4.18. The molecule has 0 atom stereocenters. The van der Waals surface area contributed by atoms with E-state index in [1.807, 2.05) is 19.2 Å². The van der Waals surface area contributed by atoms with Gasteiger partial charge in [-0.05, 0) is 80.4 Å². The number of anilines is 2. The van der Waals surface area contributed by atoms with Crippen molar-refractivity contribution < 1.29 is 28.5 Å². The molecule has 2 saturated heterocycles. The predicted molar refractivity (Wildman–Crippen MR) is 162 cm³/mol. The second kappa shape index (κ2) is 15.4. The molecule has 218 valence electrons. The summed E-state index contributed by atoms with van der Waals surface area (Å²) in [6, 6.07) is 1.00. The van der Waals surface area contributed by atoms with E-state index in [1.165, 1.54) is 19.2 Å². The number of rotatable bonds is 8. The van der Waals surface area contributed by atoms with Crippen LogP contribution in [-0.4, -0.2) is 77.8 Å². The van der Waals surface area contributed by atoms with Crippen LogP contribution in [0.4, 0.5) is 10.0 Å². The Morgan fingerprint density at radius 1 is 0.872 bits per heavy atom. The lowest BCUT2D eigenvalue weighted by Gasteiger charge is -2.34. The first-order valence-electron chi connectivity index (χ1n) is 13.5. The maximum Gasteiger partial charge on any atom is 0.340 e. The minimum Gasteiger partial charge on any atom is -0.465 e. The fourth-order valence-electron chi connectivity index (χ4n) is 5.21. The first-order chi connectivity index (χ1) is 18.8. The summed E-state index contributed by atoms with van der Waals surface area (Å²) in [5.74, 6) is -0.525. The van der Waals surface area contributed by atoms with E-state index >= 15 is 0 Å². The molecule has 2 aromatic rings. The number of carbonyl (C=O) groups excluding carboxylic acids is 2. The summed E-state index contributed by atoms with van der Waals surface area (Å²) in [7, 11) is 2.84. The smallest absolute Gasteiger partial charge is 0.340 e. The van der Waals surface area contributed by atoms with Crippen LogP contribution in [0.3, 0.4) is 0 Å². The largest absolute Gasteiger partial charge is 0.465 e. The highest BCUT2D eigenvalue weighted by atomic mass is 79.9. The first-order valence-corrected chi connectivity index (χ1v) is 16.0. The topological polar surface area (TPSA) is 77.5 Å². The number of hydrogen-bond acceptors (Lipinski definition) is 10. The van der Waals surface area contributed by atoms with Crippen molar-refractivity contribution in [2.24, 2.45) is 0 Å². The zero-order valence-electron chi connectivity index (χ0n) is 23.8. The SMILES string of the molecule is CCN(c1sc(Br)c(C(=O)OC)c1C)C1CCOCC1.CCN(c1scc(C(=O)OC)c1C)C1CCOCC1. The van der Waals surface area contributed by atoms with Gasteiger partial charge in [-0.1, -0.05) is 0 Å². The van der Waals surface area contributed by atoms with Crippen LogP contribution < -0.4 is 9.80 Å². The molecule has 0 bridgehead atoms. The van der Waals surface area contributed by atoms with Gasteiger partial charge in [0.1, 0.15) is 0 Å². The van der Waals surface area contributed by atoms with Crippen molar-refractivity contribution in [3.8, 4) is 0 Å². The van der Waals surface area contributed by atoms with Gasteiger partial charge in [0.15, 0.2) is 0 Å². The molecule has 0 spiro atoms. The summed E-state index contributed by atoms with van der Waals surface area (Å²) >= 11 is 6.74. The molecule has 0 radical (unpaired) electrons. The van der Waals surface area contributed by atoms with Crippen LogP contribution in [-0.2, 0) is 18.9 Å². The molecular formula is C28H41BrN2O6S2. The number of nitrogens with zero attached hydrogens (tertiary/aromatic N) is 2. The number of methoxy groups -OCH3 is 2. The van der Waals surface area contributed by atoms with E-state index in [-0.39, 0.29) is 11.9 Å². The number of ether oxygens (including phenoxy) is 4. The van der Waals surface area contributed by atoms with Gasteiger partial charge in [0.25, 0.3) is 0 Å². The lowest BCUT2D eigenvalue weighted by atomic mass is 10.1. The Balaban J connectivity index is 0.000000216. The van der Waals surface area contributed by atoms with E-state index in [1.54, 1.807) is 22.7 Å². The highest BCUT2D eigenvalue weighted by Crippen LogP contribution is 2.41. The fourth-order valence-corrected chi connectivity index (χ4v) is 8.49. The van der Waals surface area contributed by atoms with E-state index in [4.69, 9.17) is 18.9 Å². The number of thiophene rings is 2. The van der Waals surface area contributed by atoms with Crippen LogP contribution in [0.15, 0.2) is 9.17 Å². The number of esters is 2. The molecule has 4 heterocycles. The lowest BCUT2D eigenvalue weighted by molar-refractivity contribution is 0.0591. The van der Waals surface area contributed by atoms with E-state index in [9.17, 15) is 9.59 Å². The molecule has 0 N–H and O–H groups in total. The first kappa shape index (κ1) is 31.9. The van der Waals surface area contributed by atoms with Crippen molar-refractivity contribution in [1.29, 1.82) is 0 Å². The monoisotopic (exact) mass is 644 g/mol. The average Bonchev–Trinajstić information content (AvgIpc) is 3.48. The lowest BCUT2D eigenvalue weighted by Crippen LogP contribution is -2.39. The maximum atomic E-state index is 11.9. The summed E-state index contributed by atoms with van der Waals surface area (Å²) in [5.41, 5.74) is 3.37. The number of hydrogen-bond donors (Lipinski definition) is 0. The second-order valence-corrected chi connectivity index (χ2v) is 12.7. The molecule has 39 heavy (non-hydrogen) atoms. The van der Waals surface area contributed by atoms with Crippen LogP contribution >= 0.6 is 38.6 Å². The molecule has 2 aliphatic heterocycles. The van der Waals surface area contributed by atoms with Crippen LogP contribution in [0.1, 0.15) is 71.4 Å². The highest BCUT2D eigenvalue weighted by molar-refractivity contribution is 9.11. The van der Waals surface area contributed by atoms with Crippen molar-refractivity contribution in [1.82, 2.24) is 0 Å². The minimum atomic E-state index is -0.278. The van der Waals surface area contributed by atoms with Gasteiger partial charge in [0.05, 0.1) is 39.1 Å². The fraction of sp³-hybridized carbons (Fsp3) is 0.643. The van der Waals surface area contributed by atoms with E-state index in [0.717, 1.165) is 85.1 Å². The normalized spacial score (nSPS) is 16.3.